The number of carbonyl (C=O) groups is 2. The van der Waals surface area contributed by atoms with E-state index in [2.05, 4.69) is 5.32 Å². The van der Waals surface area contributed by atoms with Crippen LogP contribution in [0.15, 0.2) is 42.5 Å². The summed E-state index contributed by atoms with van der Waals surface area (Å²) in [5.41, 5.74) is 1.04. The van der Waals surface area contributed by atoms with Crippen LogP contribution in [0, 0.1) is 5.82 Å². The number of halogens is 1. The quantitative estimate of drug-likeness (QED) is 0.794. The number of rotatable bonds is 7. The van der Waals surface area contributed by atoms with Gasteiger partial charge in [0.05, 0.1) is 19.3 Å². The van der Waals surface area contributed by atoms with Crippen molar-refractivity contribution in [3.63, 3.8) is 0 Å². The third-order valence-electron chi connectivity index (χ3n) is 4.40. The number of anilines is 1. The van der Waals surface area contributed by atoms with Crippen molar-refractivity contribution in [3.05, 3.63) is 53.8 Å². The van der Waals surface area contributed by atoms with Gasteiger partial charge >= 0.3 is 0 Å². The molecule has 6 nitrogen and oxygen atoms in total. The molecule has 3 rings (SSSR count). The smallest absolute Gasteiger partial charge is 0.251 e. The Morgan fingerprint density at radius 1 is 1.11 bits per heavy atom. The highest BCUT2D eigenvalue weighted by molar-refractivity contribution is 5.99. The lowest BCUT2D eigenvalue weighted by molar-refractivity contribution is -0.117. The zero-order valence-electron chi connectivity index (χ0n) is 15.9. The number of nitrogens with one attached hydrogen (secondary N) is 1. The number of amides is 2. The van der Waals surface area contributed by atoms with E-state index in [0.29, 0.717) is 42.5 Å². The normalized spacial score (nSPS) is 16.2. The van der Waals surface area contributed by atoms with Gasteiger partial charge in [-0.3, -0.25) is 9.59 Å². The van der Waals surface area contributed by atoms with Gasteiger partial charge in [-0.25, -0.2) is 4.39 Å². The fourth-order valence-corrected chi connectivity index (χ4v) is 3.14. The summed E-state index contributed by atoms with van der Waals surface area (Å²) in [6.45, 7) is 5.02. The van der Waals surface area contributed by atoms with Crippen LogP contribution < -0.4 is 19.7 Å². The Morgan fingerprint density at radius 3 is 2.46 bits per heavy atom. The first-order chi connectivity index (χ1) is 13.5. The molecule has 2 aromatic carbocycles. The largest absolute Gasteiger partial charge is 0.490 e. The Kier molecular flexibility index (Phi) is 6.13. The van der Waals surface area contributed by atoms with E-state index in [1.165, 1.54) is 12.1 Å². The Hall–Kier alpha value is -3.09. The molecule has 1 aliphatic heterocycles. The van der Waals surface area contributed by atoms with E-state index >= 15 is 0 Å². The van der Waals surface area contributed by atoms with E-state index in [9.17, 15) is 14.0 Å². The van der Waals surface area contributed by atoms with Crippen LogP contribution >= 0.6 is 0 Å². The minimum atomic E-state index is -0.360. The molecule has 0 unspecified atom stereocenters. The summed E-state index contributed by atoms with van der Waals surface area (Å²) >= 11 is 0. The Balaban J connectivity index is 1.68. The second kappa shape index (κ2) is 8.73. The van der Waals surface area contributed by atoms with Crippen molar-refractivity contribution in [3.8, 4) is 11.5 Å². The molecule has 0 saturated carbocycles. The molecule has 7 heteroatoms. The monoisotopic (exact) mass is 386 g/mol. The van der Waals surface area contributed by atoms with E-state index in [4.69, 9.17) is 9.47 Å². The lowest BCUT2D eigenvalue weighted by Gasteiger charge is -2.17. The number of carbonyl (C=O) groups excluding carboxylic acids is 2. The van der Waals surface area contributed by atoms with E-state index < -0.39 is 0 Å². The molecular formula is C21H23FN2O4. The highest BCUT2D eigenvalue weighted by Gasteiger charge is 2.31. The lowest BCUT2D eigenvalue weighted by Crippen LogP contribution is -2.37. The van der Waals surface area contributed by atoms with Crippen molar-refractivity contribution < 1.29 is 23.5 Å². The average molecular weight is 386 g/mol. The zero-order chi connectivity index (χ0) is 20.1. The Bertz CT molecular complexity index is 854. The zero-order valence-corrected chi connectivity index (χ0v) is 15.9. The minimum absolute atomic E-state index is 0.112. The van der Waals surface area contributed by atoms with Crippen LogP contribution in [0.4, 0.5) is 10.1 Å². The molecule has 1 heterocycles. The Morgan fingerprint density at radius 2 is 1.79 bits per heavy atom. The molecule has 2 aromatic rings. The lowest BCUT2D eigenvalue weighted by atomic mass is 10.1. The van der Waals surface area contributed by atoms with Gasteiger partial charge in [-0.05, 0) is 56.3 Å². The molecule has 0 aromatic heterocycles. The number of hydrogen-bond donors (Lipinski definition) is 1. The molecule has 1 aliphatic rings. The van der Waals surface area contributed by atoms with Crippen LogP contribution in [-0.2, 0) is 4.79 Å². The molecule has 0 spiro atoms. The van der Waals surface area contributed by atoms with Crippen molar-refractivity contribution >= 4 is 17.5 Å². The number of ether oxygens (including phenoxy) is 2. The Labute approximate surface area is 163 Å². The van der Waals surface area contributed by atoms with Crippen LogP contribution in [0.5, 0.6) is 11.5 Å². The van der Waals surface area contributed by atoms with Crippen molar-refractivity contribution in [2.24, 2.45) is 0 Å². The maximum absolute atomic E-state index is 13.1. The van der Waals surface area contributed by atoms with E-state index in [-0.39, 0.29) is 30.1 Å². The molecule has 148 valence electrons. The summed E-state index contributed by atoms with van der Waals surface area (Å²) in [5.74, 6) is 0.328. The summed E-state index contributed by atoms with van der Waals surface area (Å²) in [6.07, 6.45) is 0.193. The average Bonchev–Trinajstić information content (AvgIpc) is 3.04. The van der Waals surface area contributed by atoms with Gasteiger partial charge in [0.2, 0.25) is 5.91 Å². The first-order valence-corrected chi connectivity index (χ1v) is 9.28. The van der Waals surface area contributed by atoms with Gasteiger partial charge in [0.25, 0.3) is 5.91 Å². The second-order valence-corrected chi connectivity index (χ2v) is 6.38. The SMILES string of the molecule is CCOc1ccc(C(=O)N[C@H]2CC(=O)N(c3ccc(F)cc3)C2)cc1OCC. The first-order valence-electron chi connectivity index (χ1n) is 9.28. The molecule has 2 amide bonds. The van der Waals surface area contributed by atoms with Crippen LogP contribution in [0.25, 0.3) is 0 Å². The maximum Gasteiger partial charge on any atom is 0.251 e. The van der Waals surface area contributed by atoms with Crippen LogP contribution in [-0.4, -0.2) is 37.6 Å². The molecule has 0 radical (unpaired) electrons. The van der Waals surface area contributed by atoms with E-state index in [1.807, 2.05) is 13.8 Å². The van der Waals surface area contributed by atoms with Gasteiger partial charge in [-0.15, -0.1) is 0 Å². The summed E-state index contributed by atoms with van der Waals surface area (Å²) in [7, 11) is 0. The van der Waals surface area contributed by atoms with Crippen LogP contribution in [0.1, 0.15) is 30.6 Å². The topological polar surface area (TPSA) is 67.9 Å². The van der Waals surface area contributed by atoms with Gasteiger partial charge in [0, 0.05) is 24.2 Å². The fraction of sp³-hybridized carbons (Fsp3) is 0.333. The van der Waals surface area contributed by atoms with Crippen molar-refractivity contribution in [1.29, 1.82) is 0 Å². The summed E-state index contributed by atoms with van der Waals surface area (Å²) in [6, 6.07) is 10.4. The molecule has 1 saturated heterocycles. The van der Waals surface area contributed by atoms with Crippen LogP contribution in [0.2, 0.25) is 0 Å². The highest BCUT2D eigenvalue weighted by Crippen LogP contribution is 2.29. The van der Waals surface area contributed by atoms with Crippen molar-refractivity contribution in [2.75, 3.05) is 24.7 Å². The summed E-state index contributed by atoms with van der Waals surface area (Å²) < 4.78 is 24.2. The van der Waals surface area contributed by atoms with Gasteiger partial charge in [0.15, 0.2) is 11.5 Å². The third kappa shape index (κ3) is 4.42. The third-order valence-corrected chi connectivity index (χ3v) is 4.40. The molecule has 28 heavy (non-hydrogen) atoms. The first kappa shape index (κ1) is 19.7. The van der Waals surface area contributed by atoms with Gasteiger partial charge in [-0.1, -0.05) is 0 Å². The molecule has 0 bridgehead atoms. The molecule has 1 atom stereocenters. The predicted molar refractivity (Wildman–Crippen MR) is 103 cm³/mol. The molecule has 0 aliphatic carbocycles. The standard InChI is InChI=1S/C21H23FN2O4/c1-3-27-18-10-5-14(11-19(18)28-4-2)21(26)23-16-12-20(25)24(13-16)17-8-6-15(22)7-9-17/h5-11,16H,3-4,12-13H2,1-2H3,(H,23,26)/t16-/m0/s1. The number of hydrogen-bond acceptors (Lipinski definition) is 4. The van der Waals surface area contributed by atoms with E-state index in [1.54, 1.807) is 35.2 Å². The number of nitrogens with zero attached hydrogens (tertiary/aromatic N) is 1. The van der Waals surface area contributed by atoms with Crippen molar-refractivity contribution in [2.45, 2.75) is 26.3 Å². The highest BCUT2D eigenvalue weighted by atomic mass is 19.1. The summed E-state index contributed by atoms with van der Waals surface area (Å²) in [4.78, 5) is 26.5. The minimum Gasteiger partial charge on any atom is -0.490 e. The fourth-order valence-electron chi connectivity index (χ4n) is 3.14. The van der Waals surface area contributed by atoms with Crippen LogP contribution in [0.3, 0.4) is 0 Å². The van der Waals surface area contributed by atoms with Gasteiger partial charge in [0.1, 0.15) is 5.82 Å². The second-order valence-electron chi connectivity index (χ2n) is 6.38. The molecule has 1 fully saturated rings. The maximum atomic E-state index is 13.1. The summed E-state index contributed by atoms with van der Waals surface area (Å²) in [5, 5.41) is 2.89. The molecular weight excluding hydrogens is 363 g/mol. The van der Waals surface area contributed by atoms with E-state index in [0.717, 1.165) is 0 Å². The number of benzene rings is 2. The van der Waals surface area contributed by atoms with Crippen molar-refractivity contribution in [1.82, 2.24) is 5.32 Å². The molecule has 1 N–H and O–H groups in total. The predicted octanol–water partition coefficient (Wildman–Crippen LogP) is 3.16. The van der Waals surface area contributed by atoms with Gasteiger partial charge in [-0.2, -0.15) is 0 Å². The van der Waals surface area contributed by atoms with Gasteiger partial charge < -0.3 is 19.7 Å².